The van der Waals surface area contributed by atoms with E-state index in [0.717, 1.165) is 18.8 Å². The van der Waals surface area contributed by atoms with Crippen LogP contribution < -0.4 is 10.2 Å². The van der Waals surface area contributed by atoms with E-state index >= 15 is 0 Å². The molecule has 2 rings (SSSR count). The zero-order valence-electron chi connectivity index (χ0n) is 10.3. The van der Waals surface area contributed by atoms with Crippen molar-refractivity contribution in [1.29, 1.82) is 0 Å². The average Bonchev–Trinajstić information content (AvgIpc) is 2.78. The summed E-state index contributed by atoms with van der Waals surface area (Å²) in [6.07, 6.45) is 1.81. The highest BCUT2D eigenvalue weighted by Gasteiger charge is 2.05. The van der Waals surface area contributed by atoms with Gasteiger partial charge in [0.15, 0.2) is 0 Å². The third-order valence-corrected chi connectivity index (χ3v) is 2.68. The number of hydrogen-bond donors (Lipinski definition) is 1. The number of anilines is 1. The molecule has 1 N–H and O–H groups in total. The molecule has 0 bridgehead atoms. The second-order valence-electron chi connectivity index (χ2n) is 4.14. The first kappa shape index (κ1) is 11.7. The Morgan fingerprint density at radius 2 is 2.00 bits per heavy atom. The zero-order chi connectivity index (χ0) is 12.1. The van der Waals surface area contributed by atoms with Gasteiger partial charge in [0.25, 0.3) is 0 Å². The molecule has 17 heavy (non-hydrogen) atoms. The number of rotatable bonds is 5. The molecule has 1 aromatic heterocycles. The Morgan fingerprint density at radius 1 is 1.24 bits per heavy atom. The highest BCUT2D eigenvalue weighted by Crippen LogP contribution is 2.16. The zero-order valence-corrected chi connectivity index (χ0v) is 10.3. The lowest BCUT2D eigenvalue weighted by molar-refractivity contribution is 0.505. The standard InChI is InChI=1S/C14H18N2O/c1-15-9-12-8-14(17-11-12)10-16(2)13-6-4-3-5-7-13/h3-8,11,15H,9-10H2,1-2H3. The summed E-state index contributed by atoms with van der Waals surface area (Å²) in [5, 5.41) is 3.11. The van der Waals surface area contributed by atoms with Crippen LogP contribution in [0, 0.1) is 0 Å². The lowest BCUT2D eigenvalue weighted by atomic mass is 10.2. The molecule has 1 heterocycles. The maximum atomic E-state index is 5.53. The maximum absolute atomic E-state index is 5.53. The van der Waals surface area contributed by atoms with Gasteiger partial charge in [-0.3, -0.25) is 0 Å². The summed E-state index contributed by atoms with van der Waals surface area (Å²) in [4.78, 5) is 2.17. The maximum Gasteiger partial charge on any atom is 0.123 e. The smallest absolute Gasteiger partial charge is 0.123 e. The van der Waals surface area contributed by atoms with E-state index in [-0.39, 0.29) is 0 Å². The summed E-state index contributed by atoms with van der Waals surface area (Å²) in [7, 11) is 4.00. The largest absolute Gasteiger partial charge is 0.467 e. The Bertz CT molecular complexity index is 450. The fourth-order valence-corrected chi connectivity index (χ4v) is 1.81. The van der Waals surface area contributed by atoms with Crippen LogP contribution in [0.15, 0.2) is 47.1 Å². The highest BCUT2D eigenvalue weighted by molar-refractivity contribution is 5.45. The van der Waals surface area contributed by atoms with Gasteiger partial charge in [0.05, 0.1) is 12.8 Å². The lowest BCUT2D eigenvalue weighted by Gasteiger charge is -2.17. The molecule has 0 aliphatic carbocycles. The van der Waals surface area contributed by atoms with Crippen LogP contribution >= 0.6 is 0 Å². The summed E-state index contributed by atoms with van der Waals surface area (Å²) < 4.78 is 5.53. The Kier molecular flexibility index (Phi) is 3.83. The Hall–Kier alpha value is -1.74. The monoisotopic (exact) mass is 230 g/mol. The molecule has 0 fully saturated rings. The molecule has 3 heteroatoms. The molecule has 90 valence electrons. The van der Waals surface area contributed by atoms with Crippen molar-refractivity contribution in [3.63, 3.8) is 0 Å². The van der Waals surface area contributed by atoms with E-state index in [1.807, 2.05) is 31.5 Å². The molecule has 1 aromatic carbocycles. The first-order chi connectivity index (χ1) is 8.29. The van der Waals surface area contributed by atoms with Gasteiger partial charge in [-0.15, -0.1) is 0 Å². The van der Waals surface area contributed by atoms with E-state index in [9.17, 15) is 0 Å². The SMILES string of the molecule is CNCc1coc(CN(C)c2ccccc2)c1. The lowest BCUT2D eigenvalue weighted by Crippen LogP contribution is -2.15. The minimum atomic E-state index is 0.785. The molecule has 3 nitrogen and oxygen atoms in total. The molecule has 0 saturated heterocycles. The van der Waals surface area contributed by atoms with Crippen molar-refractivity contribution in [3.8, 4) is 0 Å². The van der Waals surface area contributed by atoms with Gasteiger partial charge in [0, 0.05) is 24.8 Å². The van der Waals surface area contributed by atoms with Crippen molar-refractivity contribution in [2.45, 2.75) is 13.1 Å². The van der Waals surface area contributed by atoms with Crippen molar-refractivity contribution in [3.05, 3.63) is 54.0 Å². The van der Waals surface area contributed by atoms with Crippen LogP contribution in [-0.4, -0.2) is 14.1 Å². The Morgan fingerprint density at radius 3 is 2.71 bits per heavy atom. The van der Waals surface area contributed by atoms with Gasteiger partial charge in [-0.2, -0.15) is 0 Å². The second-order valence-corrected chi connectivity index (χ2v) is 4.14. The number of benzene rings is 1. The van der Waals surface area contributed by atoms with Crippen LogP contribution in [0.1, 0.15) is 11.3 Å². The summed E-state index contributed by atoms with van der Waals surface area (Å²) in [5.41, 5.74) is 2.38. The molecule has 0 aliphatic rings. The number of furan rings is 1. The normalized spacial score (nSPS) is 10.5. The first-order valence-corrected chi connectivity index (χ1v) is 5.76. The van der Waals surface area contributed by atoms with Crippen molar-refractivity contribution >= 4 is 5.69 Å². The molecular formula is C14H18N2O. The minimum absolute atomic E-state index is 0.785. The van der Waals surface area contributed by atoms with Gasteiger partial charge in [0.1, 0.15) is 5.76 Å². The van der Waals surface area contributed by atoms with Gasteiger partial charge in [-0.05, 0) is 25.2 Å². The van der Waals surface area contributed by atoms with E-state index < -0.39 is 0 Å². The van der Waals surface area contributed by atoms with Gasteiger partial charge < -0.3 is 14.6 Å². The molecule has 0 atom stereocenters. The first-order valence-electron chi connectivity index (χ1n) is 5.76. The molecule has 0 radical (unpaired) electrons. The van der Waals surface area contributed by atoms with Crippen LogP contribution in [-0.2, 0) is 13.1 Å². The quantitative estimate of drug-likeness (QED) is 0.856. The van der Waals surface area contributed by atoms with Crippen LogP contribution in [0.2, 0.25) is 0 Å². The fraction of sp³-hybridized carbons (Fsp3) is 0.286. The van der Waals surface area contributed by atoms with E-state index in [1.165, 1.54) is 11.3 Å². The highest BCUT2D eigenvalue weighted by atomic mass is 16.3. The number of hydrogen-bond acceptors (Lipinski definition) is 3. The van der Waals surface area contributed by atoms with Gasteiger partial charge >= 0.3 is 0 Å². The summed E-state index contributed by atoms with van der Waals surface area (Å²) in [5.74, 6) is 0.988. The van der Waals surface area contributed by atoms with Gasteiger partial charge in [-0.1, -0.05) is 18.2 Å². The molecule has 0 amide bonds. The predicted molar refractivity (Wildman–Crippen MR) is 70.0 cm³/mol. The van der Waals surface area contributed by atoms with Crippen molar-refractivity contribution in [2.24, 2.45) is 0 Å². The molecule has 0 aliphatic heterocycles. The van der Waals surface area contributed by atoms with Crippen LogP contribution in [0.25, 0.3) is 0 Å². The van der Waals surface area contributed by atoms with Crippen LogP contribution in [0.5, 0.6) is 0 Å². The topological polar surface area (TPSA) is 28.4 Å². The number of nitrogens with zero attached hydrogens (tertiary/aromatic N) is 1. The minimum Gasteiger partial charge on any atom is -0.467 e. The second kappa shape index (κ2) is 5.55. The third kappa shape index (κ3) is 3.11. The summed E-state index contributed by atoms with van der Waals surface area (Å²) in [6.45, 7) is 1.63. The molecular weight excluding hydrogens is 212 g/mol. The fourth-order valence-electron chi connectivity index (χ4n) is 1.81. The van der Waals surface area contributed by atoms with E-state index in [1.54, 1.807) is 0 Å². The number of nitrogens with one attached hydrogen (secondary N) is 1. The molecule has 0 spiro atoms. The van der Waals surface area contributed by atoms with E-state index in [4.69, 9.17) is 4.42 Å². The third-order valence-electron chi connectivity index (χ3n) is 2.68. The Balaban J connectivity index is 2.00. The molecule has 0 saturated carbocycles. The summed E-state index contributed by atoms with van der Waals surface area (Å²) >= 11 is 0. The van der Waals surface area contributed by atoms with Crippen LogP contribution in [0.3, 0.4) is 0 Å². The van der Waals surface area contributed by atoms with Gasteiger partial charge in [0.2, 0.25) is 0 Å². The van der Waals surface area contributed by atoms with Crippen molar-refractivity contribution in [1.82, 2.24) is 5.32 Å². The molecule has 0 unspecified atom stereocenters. The Labute approximate surface area is 102 Å². The van der Waals surface area contributed by atoms with Crippen molar-refractivity contribution in [2.75, 3.05) is 19.0 Å². The average molecular weight is 230 g/mol. The van der Waals surface area contributed by atoms with Gasteiger partial charge in [-0.25, -0.2) is 0 Å². The van der Waals surface area contributed by atoms with Crippen molar-refractivity contribution < 1.29 is 4.42 Å². The van der Waals surface area contributed by atoms with E-state index in [2.05, 4.69) is 35.5 Å². The number of para-hydroxylation sites is 1. The predicted octanol–water partition coefficient (Wildman–Crippen LogP) is 2.64. The van der Waals surface area contributed by atoms with Crippen LogP contribution in [0.4, 0.5) is 5.69 Å². The van der Waals surface area contributed by atoms with E-state index in [0.29, 0.717) is 0 Å². The summed E-state index contributed by atoms with van der Waals surface area (Å²) in [6, 6.07) is 12.4. The molecule has 2 aromatic rings.